The van der Waals surface area contributed by atoms with Crippen LogP contribution in [-0.4, -0.2) is 54.6 Å². The van der Waals surface area contributed by atoms with Gasteiger partial charge in [0.2, 0.25) is 0 Å². The highest BCUT2D eigenvalue weighted by molar-refractivity contribution is 5.14. The molecule has 0 bridgehead atoms. The van der Waals surface area contributed by atoms with E-state index in [1.165, 1.54) is 7.11 Å². The van der Waals surface area contributed by atoms with Crippen molar-refractivity contribution in [2.75, 3.05) is 13.7 Å². The highest BCUT2D eigenvalue weighted by atomic mass is 16.7. The van der Waals surface area contributed by atoms with Crippen LogP contribution < -0.4 is 0 Å². The van der Waals surface area contributed by atoms with Crippen molar-refractivity contribution in [1.82, 2.24) is 0 Å². The first-order valence-electron chi connectivity index (χ1n) is 9.00. The van der Waals surface area contributed by atoms with E-state index < -0.39 is 30.7 Å². The molecule has 27 heavy (non-hydrogen) atoms. The largest absolute Gasteiger partial charge is 0.385 e. The van der Waals surface area contributed by atoms with Gasteiger partial charge in [-0.05, 0) is 11.1 Å². The molecule has 2 N–H and O–H groups in total. The third-order valence-corrected chi connectivity index (χ3v) is 4.58. The molecule has 1 aliphatic rings. The van der Waals surface area contributed by atoms with Gasteiger partial charge in [0.25, 0.3) is 0 Å². The third-order valence-electron chi connectivity index (χ3n) is 4.58. The van der Waals surface area contributed by atoms with E-state index in [4.69, 9.17) is 18.9 Å². The number of aliphatic hydroxyl groups excluding tert-OH is 2. The molecule has 1 heterocycles. The van der Waals surface area contributed by atoms with E-state index in [9.17, 15) is 10.2 Å². The number of ether oxygens (including phenoxy) is 4. The summed E-state index contributed by atoms with van der Waals surface area (Å²) in [7, 11) is 1.48. The molecular weight excluding hydrogens is 348 g/mol. The van der Waals surface area contributed by atoms with Gasteiger partial charge in [-0.25, -0.2) is 0 Å². The minimum absolute atomic E-state index is 0.206. The van der Waals surface area contributed by atoms with Crippen LogP contribution in [0.5, 0.6) is 0 Å². The number of methoxy groups -OCH3 is 1. The number of benzene rings is 2. The van der Waals surface area contributed by atoms with Gasteiger partial charge in [0, 0.05) is 7.11 Å². The van der Waals surface area contributed by atoms with Gasteiger partial charge >= 0.3 is 0 Å². The Balaban J connectivity index is 1.63. The predicted octanol–water partition coefficient (Wildman–Crippen LogP) is 1.88. The summed E-state index contributed by atoms with van der Waals surface area (Å²) in [4.78, 5) is 0. The van der Waals surface area contributed by atoms with Crippen LogP contribution in [0.2, 0.25) is 0 Å². The molecule has 0 saturated carbocycles. The summed E-state index contributed by atoms with van der Waals surface area (Å²) in [6, 6.07) is 19.5. The Morgan fingerprint density at radius 2 is 1.44 bits per heavy atom. The van der Waals surface area contributed by atoms with Crippen molar-refractivity contribution >= 4 is 0 Å². The van der Waals surface area contributed by atoms with Gasteiger partial charge in [-0.15, -0.1) is 0 Å². The van der Waals surface area contributed by atoms with Gasteiger partial charge in [-0.1, -0.05) is 60.7 Å². The lowest BCUT2D eigenvalue weighted by Gasteiger charge is -2.42. The molecule has 146 valence electrons. The van der Waals surface area contributed by atoms with E-state index in [-0.39, 0.29) is 6.61 Å². The van der Waals surface area contributed by atoms with Crippen molar-refractivity contribution in [1.29, 1.82) is 0 Å². The van der Waals surface area contributed by atoms with Crippen LogP contribution in [0.3, 0.4) is 0 Å². The second-order valence-corrected chi connectivity index (χ2v) is 6.52. The van der Waals surface area contributed by atoms with Crippen LogP contribution in [0.4, 0.5) is 0 Å². The topological polar surface area (TPSA) is 77.4 Å². The van der Waals surface area contributed by atoms with Crippen molar-refractivity contribution in [3.8, 4) is 0 Å². The maximum absolute atomic E-state index is 10.2. The van der Waals surface area contributed by atoms with Crippen LogP contribution >= 0.6 is 0 Å². The monoisotopic (exact) mass is 374 g/mol. The normalized spacial score (nSPS) is 28.2. The number of hydrogen-bond donors (Lipinski definition) is 2. The fraction of sp³-hybridized carbons (Fsp3) is 0.429. The third kappa shape index (κ3) is 5.35. The molecule has 0 spiro atoms. The zero-order valence-electron chi connectivity index (χ0n) is 15.3. The first kappa shape index (κ1) is 19.9. The number of aliphatic hydroxyl groups is 2. The molecule has 3 rings (SSSR count). The molecule has 0 aromatic heterocycles. The van der Waals surface area contributed by atoms with Crippen molar-refractivity contribution in [3.05, 3.63) is 71.8 Å². The Kier molecular flexibility index (Phi) is 7.34. The molecule has 6 nitrogen and oxygen atoms in total. The Hall–Kier alpha value is -1.80. The van der Waals surface area contributed by atoms with E-state index >= 15 is 0 Å². The summed E-state index contributed by atoms with van der Waals surface area (Å²) in [5, 5.41) is 20.2. The summed E-state index contributed by atoms with van der Waals surface area (Å²) < 4.78 is 22.7. The van der Waals surface area contributed by atoms with Gasteiger partial charge in [0.1, 0.15) is 24.4 Å². The van der Waals surface area contributed by atoms with Gasteiger partial charge in [0.05, 0.1) is 19.8 Å². The molecule has 1 saturated heterocycles. The van der Waals surface area contributed by atoms with Crippen molar-refractivity contribution in [2.45, 2.75) is 43.9 Å². The summed E-state index contributed by atoms with van der Waals surface area (Å²) in [6.45, 7) is 0.965. The van der Waals surface area contributed by atoms with Crippen molar-refractivity contribution < 1.29 is 29.2 Å². The van der Waals surface area contributed by atoms with Gasteiger partial charge in [-0.3, -0.25) is 0 Å². The molecule has 0 radical (unpaired) electrons. The number of rotatable bonds is 8. The van der Waals surface area contributed by atoms with Crippen LogP contribution in [-0.2, 0) is 32.2 Å². The maximum Gasteiger partial charge on any atom is 0.184 e. The van der Waals surface area contributed by atoms with Crippen molar-refractivity contribution in [2.24, 2.45) is 0 Å². The highest BCUT2D eigenvalue weighted by Crippen LogP contribution is 2.26. The zero-order chi connectivity index (χ0) is 19.1. The fourth-order valence-corrected chi connectivity index (χ4v) is 3.15. The lowest BCUT2D eigenvalue weighted by molar-refractivity contribution is -0.302. The first-order chi connectivity index (χ1) is 13.2. The minimum atomic E-state index is -1.35. The summed E-state index contributed by atoms with van der Waals surface area (Å²) in [5.41, 5.74) is 2.04. The van der Waals surface area contributed by atoms with E-state index in [0.29, 0.717) is 13.2 Å². The average molecular weight is 374 g/mol. The molecule has 0 aliphatic carbocycles. The maximum atomic E-state index is 10.2. The van der Waals surface area contributed by atoms with Gasteiger partial charge in [0.15, 0.2) is 6.29 Å². The van der Waals surface area contributed by atoms with E-state index in [0.717, 1.165) is 11.1 Å². The number of hydrogen-bond acceptors (Lipinski definition) is 6. The van der Waals surface area contributed by atoms with Crippen LogP contribution in [0, 0.1) is 0 Å². The quantitative estimate of drug-likeness (QED) is 0.735. The highest BCUT2D eigenvalue weighted by Gasteiger charge is 2.45. The Labute approximate surface area is 159 Å². The molecule has 0 amide bonds. The summed E-state index contributed by atoms with van der Waals surface area (Å²) >= 11 is 0. The minimum Gasteiger partial charge on any atom is -0.385 e. The van der Waals surface area contributed by atoms with E-state index in [1.807, 2.05) is 60.7 Å². The summed E-state index contributed by atoms with van der Waals surface area (Å²) in [6.07, 6.45) is -4.41. The molecule has 0 unspecified atom stereocenters. The van der Waals surface area contributed by atoms with E-state index in [1.54, 1.807) is 0 Å². The average Bonchev–Trinajstić information content (AvgIpc) is 2.71. The second-order valence-electron chi connectivity index (χ2n) is 6.52. The lowest BCUT2D eigenvalue weighted by atomic mass is 9.98. The summed E-state index contributed by atoms with van der Waals surface area (Å²) in [5.74, 6) is 0. The molecule has 1 fully saturated rings. The van der Waals surface area contributed by atoms with Crippen LogP contribution in [0.1, 0.15) is 11.1 Å². The van der Waals surface area contributed by atoms with Crippen molar-refractivity contribution in [3.63, 3.8) is 0 Å². The van der Waals surface area contributed by atoms with Crippen LogP contribution in [0.25, 0.3) is 0 Å². The molecule has 5 atom stereocenters. The lowest BCUT2D eigenvalue weighted by Crippen LogP contribution is -2.60. The van der Waals surface area contributed by atoms with Gasteiger partial charge in [-0.2, -0.15) is 0 Å². The second kappa shape index (κ2) is 9.94. The van der Waals surface area contributed by atoms with Gasteiger partial charge < -0.3 is 29.2 Å². The fourth-order valence-electron chi connectivity index (χ4n) is 3.15. The van der Waals surface area contributed by atoms with Crippen LogP contribution in [0.15, 0.2) is 60.7 Å². The first-order valence-corrected chi connectivity index (χ1v) is 9.00. The Morgan fingerprint density at radius 1 is 0.852 bits per heavy atom. The SMILES string of the molecule is CO[C@H]1[C@@H](O)[C@H](O)O[C@H](COCc2ccccc2)[C@@H]1OCc1ccccc1. The molecule has 2 aromatic carbocycles. The molecule has 1 aliphatic heterocycles. The Morgan fingerprint density at radius 3 is 2.04 bits per heavy atom. The standard InChI is InChI=1S/C21H26O6/c1-24-20-18(22)21(23)27-17(14-25-12-15-8-4-2-5-9-15)19(20)26-13-16-10-6-3-7-11-16/h2-11,17-23H,12-14H2,1H3/t17-,18-,19+,20+,21-/m1/s1. The molecule has 2 aromatic rings. The zero-order valence-corrected chi connectivity index (χ0v) is 15.3. The molecular formula is C21H26O6. The predicted molar refractivity (Wildman–Crippen MR) is 98.8 cm³/mol. The Bertz CT molecular complexity index is 665. The van der Waals surface area contributed by atoms with E-state index in [2.05, 4.69) is 0 Å². The smallest absolute Gasteiger partial charge is 0.184 e. The molecule has 6 heteroatoms.